The summed E-state index contributed by atoms with van der Waals surface area (Å²) in [5.74, 6) is 0.0729. The number of hydrogen-bond acceptors (Lipinski definition) is 2. The molecule has 0 N–H and O–H groups in total. The number of carbonyl (C=O) groups excluding carboxylic acids is 2. The maximum absolute atomic E-state index is 11.1. The van der Waals surface area contributed by atoms with Crippen LogP contribution in [0.2, 0.25) is 0 Å². The van der Waals surface area contributed by atoms with Crippen molar-refractivity contribution in [3.63, 3.8) is 0 Å². The second-order valence-electron chi connectivity index (χ2n) is 2.69. The molecule has 2 heteroatoms. The van der Waals surface area contributed by atoms with Gasteiger partial charge in [0.25, 0.3) is 0 Å². The van der Waals surface area contributed by atoms with Crippen LogP contribution in [0.1, 0.15) is 33.1 Å². The van der Waals surface area contributed by atoms with Crippen molar-refractivity contribution in [1.29, 1.82) is 0 Å². The Morgan fingerprint density at radius 3 is 1.64 bits per heavy atom. The quantitative estimate of drug-likeness (QED) is 0.564. The van der Waals surface area contributed by atoms with Gasteiger partial charge < -0.3 is 0 Å². The molecule has 0 aromatic heterocycles. The molecule has 0 saturated carbocycles. The zero-order valence-electron chi connectivity index (χ0n) is 6.94. The maximum atomic E-state index is 11.1. The number of allylic oxidation sites excluding steroid dienone is 2. The molecule has 0 fully saturated rings. The summed E-state index contributed by atoms with van der Waals surface area (Å²) in [6.07, 6.45) is 1.52. The summed E-state index contributed by atoms with van der Waals surface area (Å²) in [7, 11) is 0. The van der Waals surface area contributed by atoms with Crippen LogP contribution in [0, 0.1) is 0 Å². The van der Waals surface area contributed by atoms with Crippen LogP contribution in [0.25, 0.3) is 0 Å². The zero-order valence-corrected chi connectivity index (χ0v) is 6.94. The highest BCUT2D eigenvalue weighted by atomic mass is 16.2. The molecule has 0 spiro atoms. The summed E-state index contributed by atoms with van der Waals surface area (Å²) in [5.41, 5.74) is 1.52. The van der Waals surface area contributed by atoms with E-state index >= 15 is 0 Å². The minimum absolute atomic E-state index is 0.0364. The van der Waals surface area contributed by atoms with Crippen molar-refractivity contribution < 1.29 is 9.59 Å². The van der Waals surface area contributed by atoms with E-state index in [0.29, 0.717) is 12.8 Å². The van der Waals surface area contributed by atoms with Gasteiger partial charge in [-0.2, -0.15) is 0 Å². The van der Waals surface area contributed by atoms with Crippen LogP contribution in [0.4, 0.5) is 0 Å². The van der Waals surface area contributed by atoms with Crippen LogP contribution in [-0.2, 0) is 9.59 Å². The Labute approximate surface area is 66.3 Å². The van der Waals surface area contributed by atoms with Gasteiger partial charge in [-0.3, -0.25) is 9.59 Å². The Kier molecular flexibility index (Phi) is 2.22. The van der Waals surface area contributed by atoms with Gasteiger partial charge in [-0.15, -0.1) is 0 Å². The van der Waals surface area contributed by atoms with Crippen LogP contribution in [0.3, 0.4) is 0 Å². The van der Waals surface area contributed by atoms with E-state index in [9.17, 15) is 9.59 Å². The minimum atomic E-state index is 0.0364. The van der Waals surface area contributed by atoms with E-state index in [4.69, 9.17) is 0 Å². The molecule has 0 heterocycles. The first-order valence-corrected chi connectivity index (χ1v) is 3.99. The van der Waals surface area contributed by atoms with Crippen molar-refractivity contribution in [2.24, 2.45) is 0 Å². The van der Waals surface area contributed by atoms with E-state index in [1.54, 1.807) is 0 Å². The van der Waals surface area contributed by atoms with Gasteiger partial charge in [-0.05, 0) is 12.8 Å². The molecule has 0 atom stereocenters. The van der Waals surface area contributed by atoms with Gasteiger partial charge in [0.2, 0.25) is 0 Å². The van der Waals surface area contributed by atoms with E-state index in [1.807, 2.05) is 13.8 Å². The van der Waals surface area contributed by atoms with E-state index < -0.39 is 0 Å². The predicted molar refractivity (Wildman–Crippen MR) is 42.2 cm³/mol. The molecule has 0 unspecified atom stereocenters. The maximum Gasteiger partial charge on any atom is 0.166 e. The topological polar surface area (TPSA) is 34.1 Å². The standard InChI is InChI=1S/C9H12O2/c1-3-6-7(4-2)9(11)5-8(6)10/h3-5H2,1-2H3. The van der Waals surface area contributed by atoms with Gasteiger partial charge in [0.05, 0.1) is 6.42 Å². The fraction of sp³-hybridized carbons (Fsp3) is 0.556. The molecule has 0 saturated heterocycles. The van der Waals surface area contributed by atoms with Gasteiger partial charge in [0.1, 0.15) is 0 Å². The average Bonchev–Trinajstić information content (AvgIpc) is 2.24. The average molecular weight is 152 g/mol. The first kappa shape index (κ1) is 8.18. The fourth-order valence-electron chi connectivity index (χ4n) is 1.52. The molecule has 1 rings (SSSR count). The SMILES string of the molecule is CCC1=C(CC)C(=O)CC1=O. The van der Waals surface area contributed by atoms with E-state index in [0.717, 1.165) is 11.1 Å². The van der Waals surface area contributed by atoms with Gasteiger partial charge in [-0.1, -0.05) is 13.8 Å². The van der Waals surface area contributed by atoms with Crippen LogP contribution < -0.4 is 0 Å². The highest BCUT2D eigenvalue weighted by Gasteiger charge is 2.27. The second-order valence-corrected chi connectivity index (χ2v) is 2.69. The Balaban J connectivity index is 3.02. The Hall–Kier alpha value is -0.920. The van der Waals surface area contributed by atoms with Gasteiger partial charge in [0, 0.05) is 11.1 Å². The Morgan fingerprint density at radius 2 is 1.36 bits per heavy atom. The smallest absolute Gasteiger partial charge is 0.166 e. The summed E-state index contributed by atoms with van der Waals surface area (Å²) in [6, 6.07) is 0. The highest BCUT2D eigenvalue weighted by molar-refractivity contribution is 6.22. The lowest BCUT2D eigenvalue weighted by molar-refractivity contribution is -0.121. The number of carbonyl (C=O) groups is 2. The highest BCUT2D eigenvalue weighted by Crippen LogP contribution is 2.24. The summed E-state index contributed by atoms with van der Waals surface area (Å²) in [5, 5.41) is 0. The Bertz CT molecular complexity index is 212. The van der Waals surface area contributed by atoms with Crippen LogP contribution >= 0.6 is 0 Å². The minimum Gasteiger partial charge on any atom is -0.294 e. The lowest BCUT2D eigenvalue weighted by Gasteiger charge is -1.96. The number of hydrogen-bond donors (Lipinski definition) is 0. The van der Waals surface area contributed by atoms with Crippen molar-refractivity contribution in [3.05, 3.63) is 11.1 Å². The lowest BCUT2D eigenvalue weighted by Crippen LogP contribution is -1.96. The molecule has 0 aliphatic heterocycles. The monoisotopic (exact) mass is 152 g/mol. The molecule has 11 heavy (non-hydrogen) atoms. The Morgan fingerprint density at radius 1 is 1.00 bits per heavy atom. The summed E-state index contributed by atoms with van der Waals surface area (Å²) in [6.45, 7) is 3.84. The summed E-state index contributed by atoms with van der Waals surface area (Å²) >= 11 is 0. The third kappa shape index (κ3) is 1.25. The molecular weight excluding hydrogens is 140 g/mol. The van der Waals surface area contributed by atoms with Crippen LogP contribution in [-0.4, -0.2) is 11.6 Å². The van der Waals surface area contributed by atoms with Crippen molar-refractivity contribution in [2.75, 3.05) is 0 Å². The number of ketones is 2. The number of Topliss-reactive ketones (excluding diaryl/α,β-unsaturated/α-hetero) is 2. The van der Waals surface area contributed by atoms with Gasteiger partial charge in [-0.25, -0.2) is 0 Å². The zero-order chi connectivity index (χ0) is 8.43. The van der Waals surface area contributed by atoms with Crippen molar-refractivity contribution >= 4 is 11.6 Å². The largest absolute Gasteiger partial charge is 0.294 e. The van der Waals surface area contributed by atoms with Crippen molar-refractivity contribution in [3.8, 4) is 0 Å². The summed E-state index contributed by atoms with van der Waals surface area (Å²) in [4.78, 5) is 22.2. The molecule has 2 nitrogen and oxygen atoms in total. The van der Waals surface area contributed by atoms with Crippen molar-refractivity contribution in [1.82, 2.24) is 0 Å². The molecular formula is C9H12O2. The fourth-order valence-corrected chi connectivity index (χ4v) is 1.52. The third-order valence-electron chi connectivity index (χ3n) is 2.07. The van der Waals surface area contributed by atoms with Gasteiger partial charge in [0.15, 0.2) is 11.6 Å². The first-order valence-electron chi connectivity index (χ1n) is 3.99. The van der Waals surface area contributed by atoms with E-state index in [-0.39, 0.29) is 18.0 Å². The molecule has 0 amide bonds. The molecule has 60 valence electrons. The van der Waals surface area contributed by atoms with E-state index in [2.05, 4.69) is 0 Å². The number of rotatable bonds is 2. The molecule has 0 radical (unpaired) electrons. The second kappa shape index (κ2) is 2.99. The molecule has 1 aliphatic carbocycles. The third-order valence-corrected chi connectivity index (χ3v) is 2.07. The first-order chi connectivity index (χ1) is 5.20. The van der Waals surface area contributed by atoms with Crippen molar-refractivity contribution in [2.45, 2.75) is 33.1 Å². The van der Waals surface area contributed by atoms with Crippen LogP contribution in [0.15, 0.2) is 11.1 Å². The van der Waals surface area contributed by atoms with E-state index in [1.165, 1.54) is 0 Å². The summed E-state index contributed by atoms with van der Waals surface area (Å²) < 4.78 is 0. The molecule has 1 aliphatic rings. The normalized spacial score (nSPS) is 18.4. The molecule has 0 bridgehead atoms. The lowest BCUT2D eigenvalue weighted by atomic mass is 10.1. The molecule has 0 aromatic carbocycles. The van der Waals surface area contributed by atoms with Crippen LogP contribution in [0.5, 0.6) is 0 Å². The molecule has 0 aromatic rings. The predicted octanol–water partition coefficient (Wildman–Crippen LogP) is 1.64. The van der Waals surface area contributed by atoms with Gasteiger partial charge >= 0.3 is 0 Å².